The summed E-state index contributed by atoms with van der Waals surface area (Å²) in [6, 6.07) is 25.9. The van der Waals surface area contributed by atoms with E-state index in [4.69, 9.17) is 4.74 Å². The van der Waals surface area contributed by atoms with Gasteiger partial charge in [0.05, 0.1) is 40.4 Å². The van der Waals surface area contributed by atoms with Gasteiger partial charge < -0.3 is 18.9 Å². The van der Waals surface area contributed by atoms with Crippen LogP contribution in [-0.4, -0.2) is 23.1 Å². The van der Waals surface area contributed by atoms with Crippen molar-refractivity contribution in [2.24, 2.45) is 0 Å². The predicted molar refractivity (Wildman–Crippen MR) is 127 cm³/mol. The van der Waals surface area contributed by atoms with E-state index in [-0.39, 0.29) is 0 Å². The first kappa shape index (κ1) is 20.0. The van der Waals surface area contributed by atoms with Gasteiger partial charge in [-0.3, -0.25) is 0 Å². The summed E-state index contributed by atoms with van der Waals surface area (Å²) in [5.41, 5.74) is 3.69. The fourth-order valence-electron chi connectivity index (χ4n) is 3.71. The second-order valence-electron chi connectivity index (χ2n) is 7.32. The Hall–Kier alpha value is -3.89. The van der Waals surface area contributed by atoms with E-state index >= 15 is 0 Å². The number of aromatic nitrogens is 2. The SMILES string of the molecule is N#Cc1ccccc1Oc1ccccc1N1CCN(Cc2c[nH]cn2)c2ccccc2S1. The van der Waals surface area contributed by atoms with Crippen molar-refractivity contribution in [3.05, 3.63) is 96.6 Å². The topological polar surface area (TPSA) is 68.2 Å². The third-order valence-corrected chi connectivity index (χ3v) is 6.40. The molecule has 5 rings (SSSR count). The molecule has 0 amide bonds. The molecule has 4 aromatic rings. The van der Waals surface area contributed by atoms with Crippen molar-refractivity contribution < 1.29 is 4.74 Å². The van der Waals surface area contributed by atoms with Crippen LogP contribution in [0.2, 0.25) is 0 Å². The Morgan fingerprint density at radius 3 is 2.50 bits per heavy atom. The van der Waals surface area contributed by atoms with Crippen LogP contribution in [0.25, 0.3) is 0 Å². The minimum atomic E-state index is 0.515. The van der Waals surface area contributed by atoms with Crippen LogP contribution in [0.1, 0.15) is 11.3 Å². The highest BCUT2D eigenvalue weighted by molar-refractivity contribution is 8.00. The number of nitrogens with zero attached hydrogens (tertiary/aromatic N) is 4. The van der Waals surface area contributed by atoms with Crippen LogP contribution in [-0.2, 0) is 6.54 Å². The van der Waals surface area contributed by atoms with E-state index in [1.54, 1.807) is 24.3 Å². The molecule has 0 radical (unpaired) electrons. The Bertz CT molecular complexity index is 1250. The molecule has 0 bridgehead atoms. The number of rotatable bonds is 5. The van der Waals surface area contributed by atoms with E-state index in [2.05, 4.69) is 55.6 Å². The Morgan fingerprint density at radius 2 is 1.69 bits per heavy atom. The molecule has 1 aliphatic heterocycles. The number of ether oxygens (including phenoxy) is 1. The third kappa shape index (κ3) is 4.13. The average Bonchev–Trinajstić information content (AvgIpc) is 3.28. The van der Waals surface area contributed by atoms with Gasteiger partial charge in [0.1, 0.15) is 11.8 Å². The highest BCUT2D eigenvalue weighted by Gasteiger charge is 2.23. The molecule has 0 spiro atoms. The molecule has 2 heterocycles. The second kappa shape index (κ2) is 9.08. The van der Waals surface area contributed by atoms with Gasteiger partial charge in [0.2, 0.25) is 0 Å². The minimum absolute atomic E-state index is 0.515. The van der Waals surface area contributed by atoms with Gasteiger partial charge in [0.25, 0.3) is 0 Å². The number of nitriles is 1. The maximum Gasteiger partial charge on any atom is 0.151 e. The Balaban J connectivity index is 1.46. The summed E-state index contributed by atoms with van der Waals surface area (Å²) < 4.78 is 8.48. The van der Waals surface area contributed by atoms with Crippen molar-refractivity contribution in [1.82, 2.24) is 9.97 Å². The number of hydrogen-bond acceptors (Lipinski definition) is 6. The van der Waals surface area contributed by atoms with Crippen LogP contribution < -0.4 is 13.9 Å². The van der Waals surface area contributed by atoms with Gasteiger partial charge in [0.15, 0.2) is 5.75 Å². The van der Waals surface area contributed by atoms with Crippen molar-refractivity contribution in [3.63, 3.8) is 0 Å². The van der Waals surface area contributed by atoms with E-state index in [0.29, 0.717) is 11.3 Å². The number of benzene rings is 3. The van der Waals surface area contributed by atoms with Crippen LogP contribution in [0.4, 0.5) is 11.4 Å². The summed E-state index contributed by atoms with van der Waals surface area (Å²) in [6.45, 7) is 2.37. The molecule has 158 valence electrons. The number of H-pyrrole nitrogens is 1. The van der Waals surface area contributed by atoms with Gasteiger partial charge >= 0.3 is 0 Å². The summed E-state index contributed by atoms with van der Waals surface area (Å²) in [4.78, 5) is 11.0. The number of hydrogen-bond donors (Lipinski definition) is 1. The number of nitrogens with one attached hydrogen (secondary N) is 1. The Labute approximate surface area is 191 Å². The van der Waals surface area contributed by atoms with E-state index in [1.807, 2.05) is 42.6 Å². The summed E-state index contributed by atoms with van der Waals surface area (Å²) in [6.07, 6.45) is 3.65. The largest absolute Gasteiger partial charge is 0.454 e. The monoisotopic (exact) mass is 439 g/mol. The predicted octanol–water partition coefficient (Wildman–Crippen LogP) is 5.61. The molecule has 0 aliphatic carbocycles. The van der Waals surface area contributed by atoms with Crippen LogP contribution in [0, 0.1) is 11.3 Å². The van der Waals surface area contributed by atoms with Crippen molar-refractivity contribution in [2.45, 2.75) is 11.4 Å². The van der Waals surface area contributed by atoms with Gasteiger partial charge in [0, 0.05) is 19.3 Å². The lowest BCUT2D eigenvalue weighted by molar-refractivity contribution is 0.482. The lowest BCUT2D eigenvalue weighted by atomic mass is 10.2. The van der Waals surface area contributed by atoms with Crippen molar-refractivity contribution in [2.75, 3.05) is 22.3 Å². The van der Waals surface area contributed by atoms with Gasteiger partial charge in [-0.25, -0.2) is 4.98 Å². The van der Waals surface area contributed by atoms with E-state index < -0.39 is 0 Å². The molecule has 1 aromatic heterocycles. The zero-order valence-corrected chi connectivity index (χ0v) is 18.1. The molecule has 0 unspecified atom stereocenters. The fourth-order valence-corrected chi connectivity index (χ4v) is 4.80. The molecule has 0 atom stereocenters. The van der Waals surface area contributed by atoms with Gasteiger partial charge in [-0.15, -0.1) is 0 Å². The summed E-state index contributed by atoms with van der Waals surface area (Å²) >= 11 is 1.70. The number of fused-ring (bicyclic) bond motifs is 1. The number of anilines is 2. The molecule has 7 heteroatoms. The van der Waals surface area contributed by atoms with Crippen LogP contribution in [0.5, 0.6) is 11.5 Å². The average molecular weight is 440 g/mol. The van der Waals surface area contributed by atoms with Crippen molar-refractivity contribution in [1.29, 1.82) is 5.26 Å². The molecule has 1 N–H and O–H groups in total. The Kier molecular flexibility index (Phi) is 5.69. The zero-order valence-electron chi connectivity index (χ0n) is 17.3. The molecule has 1 aliphatic rings. The molecular weight excluding hydrogens is 418 g/mol. The van der Waals surface area contributed by atoms with Gasteiger partial charge in [-0.05, 0) is 48.3 Å². The first-order valence-electron chi connectivity index (χ1n) is 10.3. The molecule has 0 saturated carbocycles. The molecule has 32 heavy (non-hydrogen) atoms. The molecular formula is C25H21N5OS. The maximum absolute atomic E-state index is 9.44. The highest BCUT2D eigenvalue weighted by atomic mass is 32.2. The molecule has 0 fully saturated rings. The van der Waals surface area contributed by atoms with Crippen LogP contribution in [0.15, 0.2) is 90.2 Å². The summed E-state index contributed by atoms with van der Waals surface area (Å²) in [7, 11) is 0. The zero-order chi connectivity index (χ0) is 21.8. The lowest BCUT2D eigenvalue weighted by Gasteiger charge is -2.25. The normalized spacial score (nSPS) is 13.2. The maximum atomic E-state index is 9.44. The fraction of sp³-hybridized carbons (Fsp3) is 0.120. The van der Waals surface area contributed by atoms with Crippen molar-refractivity contribution in [3.8, 4) is 17.6 Å². The summed E-state index contributed by atoms with van der Waals surface area (Å²) in [5.74, 6) is 1.28. The van der Waals surface area contributed by atoms with Crippen molar-refractivity contribution >= 4 is 23.3 Å². The molecule has 0 saturated heterocycles. The minimum Gasteiger partial charge on any atom is -0.454 e. The molecule has 3 aromatic carbocycles. The van der Waals surface area contributed by atoms with E-state index in [1.165, 1.54) is 10.6 Å². The standard InChI is InChI=1S/C25H21N5OS/c26-15-19-7-1-4-10-23(19)31-24-11-5-2-8-21(24)30-14-13-29(17-20-16-27-18-28-20)22-9-3-6-12-25(22)32-30/h1-12,16,18H,13-14,17H2,(H,27,28). The first-order chi connectivity index (χ1) is 15.8. The van der Waals surface area contributed by atoms with Crippen LogP contribution in [0.3, 0.4) is 0 Å². The number of imidazole rings is 1. The number of aromatic amines is 1. The van der Waals surface area contributed by atoms with Gasteiger partial charge in [-0.1, -0.05) is 36.4 Å². The first-order valence-corrected chi connectivity index (χ1v) is 11.1. The van der Waals surface area contributed by atoms with E-state index in [9.17, 15) is 5.26 Å². The second-order valence-corrected chi connectivity index (χ2v) is 8.38. The van der Waals surface area contributed by atoms with E-state index in [0.717, 1.165) is 36.8 Å². The number of para-hydroxylation sites is 4. The van der Waals surface area contributed by atoms with Crippen LogP contribution >= 0.6 is 11.9 Å². The highest BCUT2D eigenvalue weighted by Crippen LogP contribution is 2.42. The summed E-state index contributed by atoms with van der Waals surface area (Å²) in [5, 5.41) is 9.44. The quantitative estimate of drug-likeness (QED) is 0.408. The lowest BCUT2D eigenvalue weighted by Crippen LogP contribution is -2.29. The Morgan fingerprint density at radius 1 is 0.938 bits per heavy atom. The molecule has 6 nitrogen and oxygen atoms in total. The van der Waals surface area contributed by atoms with Gasteiger partial charge in [-0.2, -0.15) is 5.26 Å². The smallest absolute Gasteiger partial charge is 0.151 e. The third-order valence-electron chi connectivity index (χ3n) is 5.26.